The number of hydrogen-bond acceptors (Lipinski definition) is 4. The second-order valence-corrected chi connectivity index (χ2v) is 6.79. The SMILES string of the molecule is O=c1[nH]c2ccc(Cl)cc2c(Nc2ccncc2)c1-c1nc2ccccc2[nH]1. The molecule has 0 aliphatic heterocycles. The quantitative estimate of drug-likeness (QED) is 0.412. The molecule has 3 heterocycles. The molecule has 0 saturated heterocycles. The number of aromatic amines is 2. The standard InChI is InChI=1S/C21H14ClN5O/c22-12-5-6-15-14(11-12)19(24-13-7-9-23-10-8-13)18(21(28)27-15)20-25-16-3-1-2-4-17(16)26-20/h1-11H,(H,25,26)(H2,23,24,27,28). The molecule has 0 bridgehead atoms. The summed E-state index contributed by atoms with van der Waals surface area (Å²) in [6.07, 6.45) is 3.37. The fraction of sp³-hybridized carbons (Fsp3) is 0. The van der Waals surface area contributed by atoms with Crippen molar-refractivity contribution in [2.75, 3.05) is 5.32 Å². The van der Waals surface area contributed by atoms with Crippen LogP contribution in [0, 0.1) is 0 Å². The average molecular weight is 388 g/mol. The van der Waals surface area contributed by atoms with E-state index in [9.17, 15) is 4.79 Å². The first-order valence-corrected chi connectivity index (χ1v) is 9.04. The van der Waals surface area contributed by atoms with Crippen LogP contribution < -0.4 is 10.9 Å². The van der Waals surface area contributed by atoms with Gasteiger partial charge in [0.25, 0.3) is 5.56 Å². The number of imidazole rings is 1. The molecular formula is C21H14ClN5O. The van der Waals surface area contributed by atoms with Gasteiger partial charge in [-0.05, 0) is 42.5 Å². The monoisotopic (exact) mass is 387 g/mol. The number of halogens is 1. The molecule has 0 unspecified atom stereocenters. The third kappa shape index (κ3) is 2.80. The number of anilines is 2. The van der Waals surface area contributed by atoms with Gasteiger partial charge in [-0.1, -0.05) is 23.7 Å². The molecule has 2 aromatic carbocycles. The van der Waals surface area contributed by atoms with Crippen LogP contribution in [0.2, 0.25) is 5.02 Å². The van der Waals surface area contributed by atoms with Crippen LogP contribution in [0.4, 0.5) is 11.4 Å². The zero-order valence-electron chi connectivity index (χ0n) is 14.5. The van der Waals surface area contributed by atoms with Gasteiger partial charge in [0.2, 0.25) is 0 Å². The Morgan fingerprint density at radius 1 is 0.929 bits per heavy atom. The number of pyridine rings is 2. The molecule has 6 nitrogen and oxygen atoms in total. The largest absolute Gasteiger partial charge is 0.354 e. The van der Waals surface area contributed by atoms with Gasteiger partial charge in [-0.3, -0.25) is 9.78 Å². The fourth-order valence-corrected chi connectivity index (χ4v) is 3.44. The minimum atomic E-state index is -0.245. The molecule has 7 heteroatoms. The molecule has 0 amide bonds. The number of aromatic nitrogens is 4. The van der Waals surface area contributed by atoms with Crippen LogP contribution in [-0.2, 0) is 0 Å². The topological polar surface area (TPSA) is 86.5 Å². The molecule has 0 aliphatic rings. The molecular weight excluding hydrogens is 374 g/mol. The lowest BCUT2D eigenvalue weighted by Gasteiger charge is -2.14. The van der Waals surface area contributed by atoms with Crippen LogP contribution in [0.5, 0.6) is 0 Å². The van der Waals surface area contributed by atoms with Crippen molar-refractivity contribution in [2.24, 2.45) is 0 Å². The van der Waals surface area contributed by atoms with E-state index in [4.69, 9.17) is 11.6 Å². The summed E-state index contributed by atoms with van der Waals surface area (Å²) in [5.74, 6) is 0.487. The van der Waals surface area contributed by atoms with Crippen molar-refractivity contribution >= 4 is 44.9 Å². The predicted molar refractivity (Wildman–Crippen MR) is 112 cm³/mol. The van der Waals surface area contributed by atoms with Crippen molar-refractivity contribution in [1.82, 2.24) is 19.9 Å². The molecule has 3 N–H and O–H groups in total. The first-order valence-electron chi connectivity index (χ1n) is 8.67. The van der Waals surface area contributed by atoms with E-state index in [0.29, 0.717) is 27.6 Å². The van der Waals surface area contributed by atoms with Gasteiger partial charge in [0.15, 0.2) is 0 Å². The lowest BCUT2D eigenvalue weighted by molar-refractivity contribution is 1.25. The lowest BCUT2D eigenvalue weighted by Crippen LogP contribution is -2.13. The Morgan fingerprint density at radius 2 is 1.75 bits per heavy atom. The van der Waals surface area contributed by atoms with Crippen molar-refractivity contribution in [3.63, 3.8) is 0 Å². The first kappa shape index (κ1) is 16.5. The summed E-state index contributed by atoms with van der Waals surface area (Å²) >= 11 is 6.24. The summed E-state index contributed by atoms with van der Waals surface area (Å²) in [6.45, 7) is 0. The number of para-hydroxylation sites is 2. The number of nitrogens with one attached hydrogen (secondary N) is 3. The highest BCUT2D eigenvalue weighted by Crippen LogP contribution is 2.34. The Bertz CT molecular complexity index is 1340. The summed E-state index contributed by atoms with van der Waals surface area (Å²) < 4.78 is 0. The molecule has 0 aliphatic carbocycles. The van der Waals surface area contributed by atoms with Crippen molar-refractivity contribution in [2.45, 2.75) is 0 Å². The van der Waals surface area contributed by atoms with Crippen molar-refractivity contribution in [1.29, 1.82) is 0 Å². The van der Waals surface area contributed by atoms with Crippen molar-refractivity contribution < 1.29 is 0 Å². The van der Waals surface area contributed by atoms with Crippen LogP contribution in [0.1, 0.15) is 0 Å². The van der Waals surface area contributed by atoms with Gasteiger partial charge in [-0.25, -0.2) is 4.98 Å². The van der Waals surface area contributed by atoms with Crippen molar-refractivity contribution in [3.05, 3.63) is 82.4 Å². The van der Waals surface area contributed by atoms with Crippen LogP contribution in [0.3, 0.4) is 0 Å². The zero-order chi connectivity index (χ0) is 19.1. The molecule has 28 heavy (non-hydrogen) atoms. The number of H-pyrrole nitrogens is 2. The second kappa shape index (κ2) is 6.51. The van der Waals surface area contributed by atoms with E-state index in [1.165, 1.54) is 0 Å². The lowest BCUT2D eigenvalue weighted by atomic mass is 10.1. The van der Waals surface area contributed by atoms with Gasteiger partial charge >= 0.3 is 0 Å². The molecule has 0 spiro atoms. The third-order valence-corrected chi connectivity index (χ3v) is 4.79. The van der Waals surface area contributed by atoms with Gasteiger partial charge < -0.3 is 15.3 Å². The molecule has 0 fully saturated rings. The summed E-state index contributed by atoms with van der Waals surface area (Å²) in [5, 5.41) is 4.72. The molecule has 5 rings (SSSR count). The van der Waals surface area contributed by atoms with Crippen LogP contribution in [-0.4, -0.2) is 19.9 Å². The van der Waals surface area contributed by atoms with Crippen LogP contribution in [0.15, 0.2) is 71.8 Å². The number of rotatable bonds is 3. The Hall–Kier alpha value is -3.64. The zero-order valence-corrected chi connectivity index (χ0v) is 15.3. The van der Waals surface area contributed by atoms with Gasteiger partial charge in [-0.2, -0.15) is 0 Å². The van der Waals surface area contributed by atoms with E-state index in [2.05, 4.69) is 25.3 Å². The normalized spacial score (nSPS) is 11.2. The highest BCUT2D eigenvalue weighted by atomic mass is 35.5. The first-order chi connectivity index (χ1) is 13.7. The summed E-state index contributed by atoms with van der Waals surface area (Å²) in [7, 11) is 0. The van der Waals surface area contributed by atoms with E-state index in [-0.39, 0.29) is 5.56 Å². The molecule has 0 saturated carbocycles. The molecule has 3 aromatic heterocycles. The van der Waals surface area contributed by atoms with Crippen molar-refractivity contribution in [3.8, 4) is 11.4 Å². The number of fused-ring (bicyclic) bond motifs is 2. The number of hydrogen-bond donors (Lipinski definition) is 3. The van der Waals surface area contributed by atoms with E-state index in [1.807, 2.05) is 42.5 Å². The van der Waals surface area contributed by atoms with E-state index in [0.717, 1.165) is 22.1 Å². The Morgan fingerprint density at radius 3 is 2.57 bits per heavy atom. The fourth-order valence-electron chi connectivity index (χ4n) is 3.27. The Balaban J connectivity index is 1.83. The summed E-state index contributed by atoms with van der Waals surface area (Å²) in [6, 6.07) is 16.7. The van der Waals surface area contributed by atoms with E-state index >= 15 is 0 Å². The van der Waals surface area contributed by atoms with E-state index in [1.54, 1.807) is 24.5 Å². The van der Waals surface area contributed by atoms with Crippen LogP contribution in [0.25, 0.3) is 33.3 Å². The van der Waals surface area contributed by atoms with Crippen LogP contribution >= 0.6 is 11.6 Å². The Kier molecular flexibility index (Phi) is 3.84. The molecule has 0 radical (unpaired) electrons. The molecule has 0 atom stereocenters. The van der Waals surface area contributed by atoms with Gasteiger partial charge in [0.1, 0.15) is 11.4 Å². The van der Waals surface area contributed by atoms with Gasteiger partial charge in [-0.15, -0.1) is 0 Å². The highest BCUT2D eigenvalue weighted by Gasteiger charge is 2.18. The summed E-state index contributed by atoms with van der Waals surface area (Å²) in [4.78, 5) is 27.8. The maximum Gasteiger partial charge on any atom is 0.261 e. The predicted octanol–water partition coefficient (Wildman–Crippen LogP) is 4.86. The number of nitrogens with zero attached hydrogens (tertiary/aromatic N) is 2. The van der Waals surface area contributed by atoms with E-state index < -0.39 is 0 Å². The minimum Gasteiger partial charge on any atom is -0.354 e. The maximum absolute atomic E-state index is 13.0. The Labute approximate surface area is 164 Å². The average Bonchev–Trinajstić information content (AvgIpc) is 3.13. The second-order valence-electron chi connectivity index (χ2n) is 6.36. The summed E-state index contributed by atoms with van der Waals surface area (Å²) in [5.41, 5.74) is 3.95. The highest BCUT2D eigenvalue weighted by molar-refractivity contribution is 6.31. The minimum absolute atomic E-state index is 0.245. The third-order valence-electron chi connectivity index (χ3n) is 4.55. The molecule has 5 aromatic rings. The number of benzene rings is 2. The van der Waals surface area contributed by atoms with Gasteiger partial charge in [0, 0.05) is 28.5 Å². The molecule has 136 valence electrons. The smallest absolute Gasteiger partial charge is 0.261 e. The maximum atomic E-state index is 13.0. The van der Waals surface area contributed by atoms with Gasteiger partial charge in [0.05, 0.1) is 22.2 Å².